The predicted octanol–water partition coefficient (Wildman–Crippen LogP) is 2.53. The van der Waals surface area contributed by atoms with Crippen LogP contribution in [-0.4, -0.2) is 28.4 Å². The van der Waals surface area contributed by atoms with Gasteiger partial charge in [0.25, 0.3) is 0 Å². The van der Waals surface area contributed by atoms with Crippen molar-refractivity contribution in [3.8, 4) is 0 Å². The fraction of sp³-hybridized carbons (Fsp3) is 0.870. The fourth-order valence-corrected chi connectivity index (χ4v) is 7.93. The maximum atomic E-state index is 11.4. The summed E-state index contributed by atoms with van der Waals surface area (Å²) in [5, 5.41) is 32.6. The van der Waals surface area contributed by atoms with Crippen LogP contribution < -0.4 is 5.11 Å². The van der Waals surface area contributed by atoms with E-state index in [-0.39, 0.29) is 41.3 Å². The standard InChI is InChI=1S/C23H36O4/c1-13(10-21(26)27)17-6-7-18-16-5-4-14-11-15(24)8-9-22(14,2)19(16)12-20(25)23(17,18)3/h4-5,13-20,24-25H,6-12H2,1-3H3,(H,26,27)/p-1/t13-,14-,15-,16+,17+,18-,19+,20+,22-,23+/m0/s1. The molecule has 4 rings (SSSR count). The van der Waals surface area contributed by atoms with Crippen molar-refractivity contribution >= 4 is 5.97 Å². The molecule has 0 spiro atoms. The van der Waals surface area contributed by atoms with Gasteiger partial charge >= 0.3 is 0 Å². The van der Waals surface area contributed by atoms with E-state index in [0.29, 0.717) is 23.7 Å². The van der Waals surface area contributed by atoms with Crippen molar-refractivity contribution in [2.45, 2.75) is 77.9 Å². The van der Waals surface area contributed by atoms with Crippen molar-refractivity contribution in [3.05, 3.63) is 12.2 Å². The maximum absolute atomic E-state index is 11.4. The smallest absolute Gasteiger partial charge is 0.0602 e. The molecule has 3 fully saturated rings. The molecule has 0 saturated heterocycles. The van der Waals surface area contributed by atoms with Crippen LogP contribution in [0.1, 0.15) is 65.7 Å². The minimum absolute atomic E-state index is 0.0388. The number of hydrogen-bond donors (Lipinski definition) is 2. The van der Waals surface area contributed by atoms with Gasteiger partial charge in [-0.05, 0) is 91.3 Å². The molecule has 2 N–H and O–H groups in total. The van der Waals surface area contributed by atoms with Gasteiger partial charge in [-0.25, -0.2) is 0 Å². The highest BCUT2D eigenvalue weighted by Gasteiger charge is 2.62. The molecule has 4 heteroatoms. The van der Waals surface area contributed by atoms with Gasteiger partial charge in [-0.3, -0.25) is 0 Å². The number of rotatable bonds is 3. The summed E-state index contributed by atoms with van der Waals surface area (Å²) in [6.07, 6.45) is 9.90. The molecule has 0 aromatic carbocycles. The number of carboxylic acid groups (broad SMARTS) is 1. The first-order valence-corrected chi connectivity index (χ1v) is 10.9. The minimum atomic E-state index is -0.980. The number of hydrogen-bond acceptors (Lipinski definition) is 4. The van der Waals surface area contributed by atoms with Crippen LogP contribution in [0.2, 0.25) is 0 Å². The second kappa shape index (κ2) is 6.59. The van der Waals surface area contributed by atoms with Crippen LogP contribution in [0.5, 0.6) is 0 Å². The molecule has 0 aromatic rings. The zero-order chi connectivity index (χ0) is 19.6. The van der Waals surface area contributed by atoms with Crippen molar-refractivity contribution < 1.29 is 20.1 Å². The van der Waals surface area contributed by atoms with Crippen LogP contribution in [0.4, 0.5) is 0 Å². The first-order chi connectivity index (χ1) is 12.7. The van der Waals surface area contributed by atoms with Gasteiger partial charge in [-0.2, -0.15) is 0 Å². The summed E-state index contributed by atoms with van der Waals surface area (Å²) in [4.78, 5) is 11.2. The van der Waals surface area contributed by atoms with Crippen molar-refractivity contribution in [2.75, 3.05) is 0 Å². The average molecular weight is 376 g/mol. The minimum Gasteiger partial charge on any atom is -0.550 e. The molecular formula is C23H35O4-. The number of aliphatic hydroxyl groups excluding tert-OH is 2. The Morgan fingerprint density at radius 2 is 1.89 bits per heavy atom. The van der Waals surface area contributed by atoms with E-state index in [1.807, 2.05) is 6.92 Å². The van der Waals surface area contributed by atoms with E-state index in [0.717, 1.165) is 38.5 Å². The molecule has 0 amide bonds. The monoisotopic (exact) mass is 375 g/mol. The third-order valence-electron chi connectivity index (χ3n) is 9.49. The van der Waals surface area contributed by atoms with Gasteiger partial charge in [0.15, 0.2) is 0 Å². The van der Waals surface area contributed by atoms with E-state index in [9.17, 15) is 20.1 Å². The molecular weight excluding hydrogens is 340 g/mol. The number of aliphatic carboxylic acids is 1. The summed E-state index contributed by atoms with van der Waals surface area (Å²) in [6, 6.07) is 0. The molecule has 0 unspecified atom stereocenters. The van der Waals surface area contributed by atoms with Crippen molar-refractivity contribution in [2.24, 2.45) is 46.3 Å². The van der Waals surface area contributed by atoms with Gasteiger partial charge in [-0.1, -0.05) is 32.9 Å². The average Bonchev–Trinajstić information content (AvgIpc) is 2.95. The lowest BCUT2D eigenvalue weighted by molar-refractivity contribution is -0.307. The van der Waals surface area contributed by atoms with E-state index in [2.05, 4.69) is 26.0 Å². The SMILES string of the molecule is C[C@@H](CC(=O)[O-])[C@H]1CC[C@H]2[C@H]3C=C[C@H]4C[C@@H](O)CC[C@]4(C)[C@@H]3C[C@@H](O)[C@]12C. The van der Waals surface area contributed by atoms with Crippen LogP contribution in [-0.2, 0) is 4.79 Å². The second-order valence-corrected chi connectivity index (χ2v) is 10.6. The van der Waals surface area contributed by atoms with Gasteiger partial charge in [0.05, 0.1) is 12.2 Å². The van der Waals surface area contributed by atoms with Crippen molar-refractivity contribution in [1.82, 2.24) is 0 Å². The first-order valence-electron chi connectivity index (χ1n) is 10.9. The molecule has 0 aliphatic heterocycles. The zero-order valence-corrected chi connectivity index (χ0v) is 16.9. The van der Waals surface area contributed by atoms with Crippen molar-refractivity contribution in [1.29, 1.82) is 0 Å². The number of aliphatic hydroxyl groups is 2. The number of allylic oxidation sites excluding steroid dienone is 2. The largest absolute Gasteiger partial charge is 0.550 e. The number of carbonyl (C=O) groups excluding carboxylic acids is 1. The highest BCUT2D eigenvalue weighted by atomic mass is 16.4. The third kappa shape index (κ3) is 2.81. The van der Waals surface area contributed by atoms with E-state index in [1.165, 1.54) is 0 Å². The summed E-state index contributed by atoms with van der Waals surface area (Å²) < 4.78 is 0. The highest BCUT2D eigenvalue weighted by molar-refractivity contribution is 5.64. The number of fused-ring (bicyclic) bond motifs is 5. The lowest BCUT2D eigenvalue weighted by atomic mass is 9.45. The molecule has 152 valence electrons. The van der Waals surface area contributed by atoms with Gasteiger partial charge in [0, 0.05) is 5.97 Å². The molecule has 27 heavy (non-hydrogen) atoms. The Morgan fingerprint density at radius 3 is 2.59 bits per heavy atom. The Hall–Kier alpha value is -0.870. The molecule has 4 aliphatic carbocycles. The van der Waals surface area contributed by atoms with Gasteiger partial charge in [0.1, 0.15) is 0 Å². The Balaban J connectivity index is 1.64. The van der Waals surface area contributed by atoms with E-state index in [4.69, 9.17) is 0 Å². The topological polar surface area (TPSA) is 80.6 Å². The summed E-state index contributed by atoms with van der Waals surface area (Å²) >= 11 is 0. The highest BCUT2D eigenvalue weighted by Crippen LogP contribution is 2.66. The van der Waals surface area contributed by atoms with E-state index >= 15 is 0 Å². The van der Waals surface area contributed by atoms with Gasteiger partial charge in [-0.15, -0.1) is 0 Å². The summed E-state index contributed by atoms with van der Waals surface area (Å²) in [5.74, 6) is 1.06. The number of carboxylic acids is 1. The Kier molecular flexibility index (Phi) is 4.74. The zero-order valence-electron chi connectivity index (χ0n) is 16.9. The number of carbonyl (C=O) groups is 1. The van der Waals surface area contributed by atoms with Crippen LogP contribution in [0.3, 0.4) is 0 Å². The maximum Gasteiger partial charge on any atom is 0.0602 e. The molecule has 0 heterocycles. The van der Waals surface area contributed by atoms with Crippen molar-refractivity contribution in [3.63, 3.8) is 0 Å². The summed E-state index contributed by atoms with van der Waals surface area (Å²) in [6.45, 7) is 6.61. The van der Waals surface area contributed by atoms with E-state index < -0.39 is 5.97 Å². The van der Waals surface area contributed by atoms with Gasteiger partial charge in [0.2, 0.25) is 0 Å². The lowest BCUT2D eigenvalue weighted by Crippen LogP contribution is -2.57. The molecule has 0 aromatic heterocycles. The lowest BCUT2D eigenvalue weighted by Gasteiger charge is -2.60. The second-order valence-electron chi connectivity index (χ2n) is 10.6. The summed E-state index contributed by atoms with van der Waals surface area (Å²) in [7, 11) is 0. The Morgan fingerprint density at radius 1 is 1.15 bits per heavy atom. The van der Waals surface area contributed by atoms with Crippen LogP contribution in [0.15, 0.2) is 12.2 Å². The van der Waals surface area contributed by atoms with Crippen LogP contribution in [0, 0.1) is 46.3 Å². The first kappa shape index (κ1) is 19.4. The Bertz CT molecular complexity index is 630. The molecule has 4 nitrogen and oxygen atoms in total. The Labute approximate surface area is 163 Å². The van der Waals surface area contributed by atoms with E-state index in [1.54, 1.807) is 0 Å². The molecule has 4 aliphatic rings. The predicted molar refractivity (Wildman–Crippen MR) is 101 cm³/mol. The molecule has 0 radical (unpaired) electrons. The third-order valence-corrected chi connectivity index (χ3v) is 9.49. The molecule has 0 bridgehead atoms. The molecule has 10 atom stereocenters. The quantitative estimate of drug-likeness (QED) is 0.743. The fourth-order valence-electron chi connectivity index (χ4n) is 7.93. The van der Waals surface area contributed by atoms with Crippen LogP contribution in [0.25, 0.3) is 0 Å². The van der Waals surface area contributed by atoms with Crippen LogP contribution >= 0.6 is 0 Å². The molecule has 3 saturated carbocycles. The van der Waals surface area contributed by atoms with Gasteiger partial charge < -0.3 is 20.1 Å². The summed E-state index contributed by atoms with van der Waals surface area (Å²) in [5.41, 5.74) is -0.0482. The normalized spacial score (nSPS) is 52.6.